The average Bonchev–Trinajstić information content (AvgIpc) is 3.04. The van der Waals surface area contributed by atoms with Crippen molar-refractivity contribution in [1.29, 1.82) is 0 Å². The van der Waals surface area contributed by atoms with Crippen LogP contribution in [-0.4, -0.2) is 41.3 Å². The molecule has 5 heteroatoms. The van der Waals surface area contributed by atoms with Crippen LogP contribution in [0.5, 0.6) is 0 Å². The highest BCUT2D eigenvalue weighted by Crippen LogP contribution is 2.29. The molecule has 1 atom stereocenters. The molecule has 1 aliphatic rings. The van der Waals surface area contributed by atoms with Crippen molar-refractivity contribution in [3.63, 3.8) is 0 Å². The summed E-state index contributed by atoms with van der Waals surface area (Å²) in [4.78, 5) is 13.9. The Hall–Kier alpha value is -1.33. The fraction of sp³-hybridized carbons (Fsp3) is 0.688. The molecular weight excluding hydrogens is 270 g/mol. The summed E-state index contributed by atoms with van der Waals surface area (Å²) in [6, 6.07) is 1.91. The van der Waals surface area contributed by atoms with E-state index in [1.165, 1.54) is 7.11 Å². The van der Waals surface area contributed by atoms with Crippen molar-refractivity contribution in [2.75, 3.05) is 13.7 Å². The van der Waals surface area contributed by atoms with Gasteiger partial charge in [-0.2, -0.15) is 0 Å². The number of carbonyl (C=O) groups is 1. The van der Waals surface area contributed by atoms with Crippen molar-refractivity contribution in [2.24, 2.45) is 0 Å². The van der Waals surface area contributed by atoms with Gasteiger partial charge < -0.3 is 14.3 Å². The van der Waals surface area contributed by atoms with E-state index < -0.39 is 11.6 Å². The summed E-state index contributed by atoms with van der Waals surface area (Å²) in [6.07, 6.45) is 2.80. The first kappa shape index (κ1) is 16.0. The van der Waals surface area contributed by atoms with Crippen LogP contribution in [0.1, 0.15) is 55.5 Å². The van der Waals surface area contributed by atoms with Gasteiger partial charge in [-0.15, -0.1) is 0 Å². The predicted octanol–water partition coefficient (Wildman–Crippen LogP) is 2.36. The molecule has 1 unspecified atom stereocenters. The molecule has 2 rings (SSSR count). The van der Waals surface area contributed by atoms with Crippen LogP contribution in [0.3, 0.4) is 0 Å². The van der Waals surface area contributed by atoms with E-state index in [4.69, 9.17) is 9.15 Å². The summed E-state index contributed by atoms with van der Waals surface area (Å²) in [6.45, 7) is 7.35. The zero-order chi connectivity index (χ0) is 15.6. The standard InChI is InChI=1S/C16H25NO4/c1-5-12-11(9-13(21-12)15(18)20-4)10-17-8-6-7-14(17)16(2,3)19/h9,14,19H,5-8,10H2,1-4H3. The Labute approximate surface area is 125 Å². The number of nitrogens with zero attached hydrogens (tertiary/aromatic N) is 1. The second-order valence-corrected chi connectivity index (χ2v) is 6.19. The SMILES string of the molecule is CCc1oc(C(=O)OC)cc1CN1CCCC1C(C)(C)O. The summed E-state index contributed by atoms with van der Waals surface area (Å²) < 4.78 is 10.3. The van der Waals surface area contributed by atoms with Gasteiger partial charge in [0.25, 0.3) is 0 Å². The zero-order valence-electron chi connectivity index (χ0n) is 13.3. The molecule has 118 valence electrons. The van der Waals surface area contributed by atoms with E-state index in [0.717, 1.165) is 37.1 Å². The number of methoxy groups -OCH3 is 1. The first-order chi connectivity index (χ1) is 9.86. The number of hydrogen-bond donors (Lipinski definition) is 1. The molecule has 0 radical (unpaired) electrons. The molecule has 0 amide bonds. The number of rotatable bonds is 5. The third kappa shape index (κ3) is 3.47. The van der Waals surface area contributed by atoms with Crippen molar-refractivity contribution < 1.29 is 19.1 Å². The Bertz CT molecular complexity index is 501. The molecular formula is C16H25NO4. The molecule has 0 saturated carbocycles. The molecule has 1 N–H and O–H groups in total. The van der Waals surface area contributed by atoms with Gasteiger partial charge in [0, 0.05) is 24.6 Å². The van der Waals surface area contributed by atoms with E-state index in [1.807, 2.05) is 20.8 Å². The Morgan fingerprint density at radius 2 is 2.29 bits per heavy atom. The zero-order valence-corrected chi connectivity index (χ0v) is 13.3. The van der Waals surface area contributed by atoms with Gasteiger partial charge in [-0.3, -0.25) is 4.90 Å². The van der Waals surface area contributed by atoms with Crippen LogP contribution < -0.4 is 0 Å². The molecule has 1 aromatic rings. The minimum Gasteiger partial charge on any atom is -0.463 e. The van der Waals surface area contributed by atoms with Crippen LogP contribution in [0, 0.1) is 0 Å². The number of furan rings is 1. The maximum absolute atomic E-state index is 11.6. The molecule has 1 aromatic heterocycles. The van der Waals surface area contributed by atoms with Gasteiger partial charge in [-0.25, -0.2) is 4.79 Å². The molecule has 21 heavy (non-hydrogen) atoms. The third-order valence-electron chi connectivity index (χ3n) is 4.16. The van der Waals surface area contributed by atoms with Crippen LogP contribution in [0.2, 0.25) is 0 Å². The molecule has 0 aliphatic carbocycles. The van der Waals surface area contributed by atoms with Gasteiger partial charge >= 0.3 is 5.97 Å². The van der Waals surface area contributed by atoms with E-state index in [-0.39, 0.29) is 11.8 Å². The van der Waals surface area contributed by atoms with Crippen LogP contribution in [-0.2, 0) is 17.7 Å². The minimum absolute atomic E-state index is 0.138. The van der Waals surface area contributed by atoms with Gasteiger partial charge in [0.15, 0.2) is 0 Å². The monoisotopic (exact) mass is 295 g/mol. The first-order valence-corrected chi connectivity index (χ1v) is 7.53. The first-order valence-electron chi connectivity index (χ1n) is 7.53. The Balaban J connectivity index is 2.19. The van der Waals surface area contributed by atoms with Crippen molar-refractivity contribution in [3.8, 4) is 0 Å². The molecule has 5 nitrogen and oxygen atoms in total. The summed E-state index contributed by atoms with van der Waals surface area (Å²) in [7, 11) is 1.35. The van der Waals surface area contributed by atoms with Crippen LogP contribution in [0.4, 0.5) is 0 Å². The van der Waals surface area contributed by atoms with E-state index in [1.54, 1.807) is 6.07 Å². The lowest BCUT2D eigenvalue weighted by Gasteiger charge is -2.33. The number of likely N-dealkylation sites (tertiary alicyclic amines) is 1. The number of aliphatic hydroxyl groups is 1. The summed E-state index contributed by atoms with van der Waals surface area (Å²) in [5.74, 6) is 0.622. The number of ether oxygens (including phenoxy) is 1. The average molecular weight is 295 g/mol. The van der Waals surface area contributed by atoms with Gasteiger partial charge in [0.2, 0.25) is 5.76 Å². The molecule has 0 bridgehead atoms. The van der Waals surface area contributed by atoms with Crippen molar-refractivity contribution in [3.05, 3.63) is 23.2 Å². The highest BCUT2D eigenvalue weighted by molar-refractivity contribution is 5.86. The van der Waals surface area contributed by atoms with Crippen LogP contribution in [0.15, 0.2) is 10.5 Å². The predicted molar refractivity (Wildman–Crippen MR) is 79.2 cm³/mol. The lowest BCUT2D eigenvalue weighted by Crippen LogP contribution is -2.45. The van der Waals surface area contributed by atoms with Crippen molar-refractivity contribution in [1.82, 2.24) is 4.90 Å². The Kier molecular flexibility index (Phi) is 4.74. The van der Waals surface area contributed by atoms with E-state index in [0.29, 0.717) is 6.54 Å². The molecule has 1 fully saturated rings. The Morgan fingerprint density at radius 1 is 1.57 bits per heavy atom. The summed E-state index contributed by atoms with van der Waals surface area (Å²) >= 11 is 0. The smallest absolute Gasteiger partial charge is 0.373 e. The third-order valence-corrected chi connectivity index (χ3v) is 4.16. The highest BCUT2D eigenvalue weighted by Gasteiger charge is 2.36. The van der Waals surface area contributed by atoms with E-state index >= 15 is 0 Å². The van der Waals surface area contributed by atoms with Crippen molar-refractivity contribution in [2.45, 2.75) is 58.2 Å². The molecule has 1 aliphatic heterocycles. The molecule has 1 saturated heterocycles. The summed E-state index contributed by atoms with van der Waals surface area (Å²) in [5.41, 5.74) is 0.284. The number of carbonyl (C=O) groups excluding carboxylic acids is 1. The lowest BCUT2D eigenvalue weighted by molar-refractivity contribution is -0.00516. The van der Waals surface area contributed by atoms with Gasteiger partial charge in [-0.05, 0) is 39.3 Å². The van der Waals surface area contributed by atoms with Crippen molar-refractivity contribution >= 4 is 5.97 Å². The largest absolute Gasteiger partial charge is 0.463 e. The lowest BCUT2D eigenvalue weighted by atomic mass is 9.96. The summed E-state index contributed by atoms with van der Waals surface area (Å²) in [5, 5.41) is 10.3. The maximum Gasteiger partial charge on any atom is 0.373 e. The maximum atomic E-state index is 11.6. The second kappa shape index (κ2) is 6.20. The normalized spacial score (nSPS) is 20.0. The topological polar surface area (TPSA) is 62.9 Å². The van der Waals surface area contributed by atoms with E-state index in [9.17, 15) is 9.90 Å². The number of aryl methyl sites for hydroxylation is 1. The molecule has 0 spiro atoms. The van der Waals surface area contributed by atoms with Gasteiger partial charge in [0.1, 0.15) is 5.76 Å². The van der Waals surface area contributed by atoms with Crippen LogP contribution >= 0.6 is 0 Å². The fourth-order valence-electron chi connectivity index (χ4n) is 3.13. The quantitative estimate of drug-likeness (QED) is 0.845. The second-order valence-electron chi connectivity index (χ2n) is 6.19. The fourth-order valence-corrected chi connectivity index (χ4v) is 3.13. The van der Waals surface area contributed by atoms with Gasteiger partial charge in [0.05, 0.1) is 12.7 Å². The molecule has 0 aromatic carbocycles. The van der Waals surface area contributed by atoms with Gasteiger partial charge in [-0.1, -0.05) is 6.92 Å². The molecule has 2 heterocycles. The van der Waals surface area contributed by atoms with Crippen LogP contribution in [0.25, 0.3) is 0 Å². The Morgan fingerprint density at radius 3 is 2.86 bits per heavy atom. The minimum atomic E-state index is -0.724. The van der Waals surface area contributed by atoms with E-state index in [2.05, 4.69) is 4.90 Å². The highest BCUT2D eigenvalue weighted by atomic mass is 16.5. The number of hydrogen-bond acceptors (Lipinski definition) is 5. The number of esters is 1.